The molecule has 21 heavy (non-hydrogen) atoms. The Hall–Kier alpha value is -1.39. The van der Waals surface area contributed by atoms with Crippen LogP contribution in [0.5, 0.6) is 5.75 Å². The predicted molar refractivity (Wildman–Crippen MR) is 83.0 cm³/mol. The number of unbranched alkanes of at least 4 members (excludes halogenated alkanes) is 1. The lowest BCUT2D eigenvalue weighted by Crippen LogP contribution is -2.45. The van der Waals surface area contributed by atoms with E-state index in [1.165, 1.54) is 0 Å². The summed E-state index contributed by atoms with van der Waals surface area (Å²) in [6.45, 7) is 8.14. The summed E-state index contributed by atoms with van der Waals surface area (Å²) in [5.74, 6) is 0.828. The zero-order valence-electron chi connectivity index (χ0n) is 13.0. The van der Waals surface area contributed by atoms with Crippen LogP contribution in [0.3, 0.4) is 0 Å². The molecule has 2 unspecified atom stereocenters. The van der Waals surface area contributed by atoms with E-state index in [1.54, 1.807) is 12.1 Å². The van der Waals surface area contributed by atoms with Crippen LogP contribution in [0.1, 0.15) is 37.0 Å². The van der Waals surface area contributed by atoms with Crippen molar-refractivity contribution in [3.05, 3.63) is 29.8 Å². The van der Waals surface area contributed by atoms with Gasteiger partial charge in [-0.15, -0.1) is 0 Å². The van der Waals surface area contributed by atoms with Crippen molar-refractivity contribution in [2.75, 3.05) is 26.2 Å². The van der Waals surface area contributed by atoms with Gasteiger partial charge in [0.1, 0.15) is 12.0 Å². The van der Waals surface area contributed by atoms with Gasteiger partial charge in [0.05, 0.1) is 18.8 Å². The average molecular weight is 291 g/mol. The number of morpholine rings is 1. The summed E-state index contributed by atoms with van der Waals surface area (Å²) in [5, 5.41) is 0. The number of hydrogen-bond acceptors (Lipinski definition) is 4. The first kappa shape index (κ1) is 16.0. The van der Waals surface area contributed by atoms with Crippen LogP contribution in [0.2, 0.25) is 0 Å². The highest BCUT2D eigenvalue weighted by atomic mass is 16.5. The Morgan fingerprint density at radius 1 is 1.19 bits per heavy atom. The minimum Gasteiger partial charge on any atom is -0.494 e. The first-order valence-corrected chi connectivity index (χ1v) is 7.73. The molecule has 2 atom stereocenters. The largest absolute Gasteiger partial charge is 0.494 e. The van der Waals surface area contributed by atoms with E-state index in [9.17, 15) is 4.79 Å². The van der Waals surface area contributed by atoms with Gasteiger partial charge < -0.3 is 9.47 Å². The van der Waals surface area contributed by atoms with Crippen LogP contribution in [0.4, 0.5) is 0 Å². The maximum atomic E-state index is 10.6. The Balaban J connectivity index is 1.60. The summed E-state index contributed by atoms with van der Waals surface area (Å²) in [5.41, 5.74) is 0.679. The highest BCUT2D eigenvalue weighted by Gasteiger charge is 2.21. The maximum absolute atomic E-state index is 10.6. The minimum absolute atomic E-state index is 0.335. The van der Waals surface area contributed by atoms with Gasteiger partial charge in [0, 0.05) is 18.7 Å². The van der Waals surface area contributed by atoms with E-state index in [2.05, 4.69) is 18.7 Å². The van der Waals surface area contributed by atoms with Crippen molar-refractivity contribution in [1.82, 2.24) is 4.90 Å². The molecule has 4 nitrogen and oxygen atoms in total. The number of carbonyl (C=O) groups excluding carboxylic acids is 1. The van der Waals surface area contributed by atoms with E-state index in [0.29, 0.717) is 17.8 Å². The van der Waals surface area contributed by atoms with Crippen LogP contribution in [-0.2, 0) is 4.74 Å². The second-order valence-electron chi connectivity index (χ2n) is 5.76. The molecule has 1 aromatic rings. The predicted octanol–water partition coefficient (Wildman–Crippen LogP) is 2.77. The molecule has 0 saturated carbocycles. The molecule has 0 aliphatic carbocycles. The quantitative estimate of drug-likeness (QED) is 0.572. The second kappa shape index (κ2) is 8.15. The summed E-state index contributed by atoms with van der Waals surface area (Å²) in [4.78, 5) is 13.0. The molecular formula is C17H25NO3. The zero-order valence-corrected chi connectivity index (χ0v) is 13.0. The monoisotopic (exact) mass is 291 g/mol. The van der Waals surface area contributed by atoms with Gasteiger partial charge in [-0.1, -0.05) is 0 Å². The van der Waals surface area contributed by atoms with Crippen LogP contribution in [0, 0.1) is 0 Å². The maximum Gasteiger partial charge on any atom is 0.150 e. The fourth-order valence-corrected chi connectivity index (χ4v) is 2.74. The number of ether oxygens (including phenoxy) is 2. The van der Waals surface area contributed by atoms with Gasteiger partial charge in [-0.25, -0.2) is 0 Å². The zero-order chi connectivity index (χ0) is 15.1. The molecule has 1 aliphatic heterocycles. The van der Waals surface area contributed by atoms with Crippen molar-refractivity contribution in [3.8, 4) is 5.75 Å². The fourth-order valence-electron chi connectivity index (χ4n) is 2.74. The van der Waals surface area contributed by atoms with Crippen molar-refractivity contribution >= 4 is 6.29 Å². The molecule has 2 rings (SSSR count). The Bertz CT molecular complexity index is 422. The molecule has 1 fully saturated rings. The van der Waals surface area contributed by atoms with Gasteiger partial charge in [0.15, 0.2) is 0 Å². The summed E-state index contributed by atoms with van der Waals surface area (Å²) < 4.78 is 11.4. The lowest BCUT2D eigenvalue weighted by atomic mass is 10.2. The van der Waals surface area contributed by atoms with Crippen LogP contribution >= 0.6 is 0 Å². The number of benzene rings is 1. The highest BCUT2D eigenvalue weighted by Crippen LogP contribution is 2.13. The third kappa shape index (κ3) is 5.48. The molecule has 1 saturated heterocycles. The van der Waals surface area contributed by atoms with Crippen LogP contribution < -0.4 is 4.74 Å². The summed E-state index contributed by atoms with van der Waals surface area (Å²) in [6, 6.07) is 7.24. The third-order valence-corrected chi connectivity index (χ3v) is 3.65. The standard InChI is InChI=1S/C17H25NO3/c1-14-11-18(12-15(2)21-14)9-3-4-10-20-17-7-5-16(13-19)6-8-17/h5-8,13-15H,3-4,9-12H2,1-2H3. The van der Waals surface area contributed by atoms with Crippen molar-refractivity contribution in [1.29, 1.82) is 0 Å². The molecular weight excluding hydrogens is 266 g/mol. The Morgan fingerprint density at radius 2 is 1.86 bits per heavy atom. The second-order valence-corrected chi connectivity index (χ2v) is 5.76. The molecule has 116 valence electrons. The Morgan fingerprint density at radius 3 is 2.48 bits per heavy atom. The fraction of sp³-hybridized carbons (Fsp3) is 0.588. The Labute approximate surface area is 127 Å². The topological polar surface area (TPSA) is 38.8 Å². The van der Waals surface area contributed by atoms with E-state index >= 15 is 0 Å². The van der Waals surface area contributed by atoms with E-state index in [4.69, 9.17) is 9.47 Å². The smallest absolute Gasteiger partial charge is 0.150 e. The molecule has 1 heterocycles. The van der Waals surface area contributed by atoms with E-state index in [0.717, 1.165) is 51.1 Å². The van der Waals surface area contributed by atoms with Gasteiger partial charge in [0.25, 0.3) is 0 Å². The number of aldehydes is 1. The van der Waals surface area contributed by atoms with Gasteiger partial charge >= 0.3 is 0 Å². The van der Waals surface area contributed by atoms with Gasteiger partial charge in [0.2, 0.25) is 0 Å². The minimum atomic E-state index is 0.335. The van der Waals surface area contributed by atoms with Crippen molar-refractivity contribution in [3.63, 3.8) is 0 Å². The summed E-state index contributed by atoms with van der Waals surface area (Å²) in [6.07, 6.45) is 3.68. The van der Waals surface area contributed by atoms with E-state index < -0.39 is 0 Å². The first-order valence-electron chi connectivity index (χ1n) is 7.73. The van der Waals surface area contributed by atoms with Gasteiger partial charge in [-0.2, -0.15) is 0 Å². The number of carbonyl (C=O) groups is 1. The average Bonchev–Trinajstić information content (AvgIpc) is 2.46. The number of nitrogens with zero attached hydrogens (tertiary/aromatic N) is 1. The molecule has 0 bridgehead atoms. The van der Waals surface area contributed by atoms with Crippen molar-refractivity contribution in [2.45, 2.75) is 38.9 Å². The molecule has 1 aliphatic rings. The third-order valence-electron chi connectivity index (χ3n) is 3.65. The molecule has 0 N–H and O–H groups in total. The normalized spacial score (nSPS) is 23.0. The molecule has 0 spiro atoms. The van der Waals surface area contributed by atoms with Gasteiger partial charge in [-0.05, 0) is 57.5 Å². The molecule has 4 heteroatoms. The SMILES string of the molecule is CC1CN(CCCCOc2ccc(C=O)cc2)CC(C)O1. The Kier molecular flexibility index (Phi) is 6.21. The first-order chi connectivity index (χ1) is 10.2. The van der Waals surface area contributed by atoms with Gasteiger partial charge in [-0.3, -0.25) is 9.69 Å². The van der Waals surface area contributed by atoms with Crippen molar-refractivity contribution in [2.24, 2.45) is 0 Å². The van der Waals surface area contributed by atoms with E-state index in [-0.39, 0.29) is 0 Å². The molecule has 0 amide bonds. The van der Waals surface area contributed by atoms with Crippen molar-refractivity contribution < 1.29 is 14.3 Å². The van der Waals surface area contributed by atoms with Crippen LogP contribution in [-0.4, -0.2) is 49.6 Å². The number of hydrogen-bond donors (Lipinski definition) is 0. The summed E-state index contributed by atoms with van der Waals surface area (Å²) in [7, 11) is 0. The molecule has 0 radical (unpaired) electrons. The number of rotatable bonds is 7. The van der Waals surface area contributed by atoms with Crippen LogP contribution in [0.25, 0.3) is 0 Å². The van der Waals surface area contributed by atoms with Crippen LogP contribution in [0.15, 0.2) is 24.3 Å². The van der Waals surface area contributed by atoms with E-state index in [1.807, 2.05) is 12.1 Å². The highest BCUT2D eigenvalue weighted by molar-refractivity contribution is 5.74. The lowest BCUT2D eigenvalue weighted by Gasteiger charge is -2.35. The summed E-state index contributed by atoms with van der Waals surface area (Å²) >= 11 is 0. The molecule has 0 aromatic heterocycles. The molecule has 1 aromatic carbocycles. The lowest BCUT2D eigenvalue weighted by molar-refractivity contribution is -0.0682.